The summed E-state index contributed by atoms with van der Waals surface area (Å²) in [5.41, 5.74) is 40.9. The minimum Gasteiger partial charge on any atom is -0.480 e. The van der Waals surface area contributed by atoms with Gasteiger partial charge in [-0.3, -0.25) is 49.2 Å². The molecule has 0 unspecified atom stereocenters. The number of H-pyrrole nitrogens is 4. The first-order chi connectivity index (χ1) is 51.1. The number of carbonyl (C=O) groups is 9. The van der Waals surface area contributed by atoms with E-state index in [0.717, 1.165) is 38.3 Å². The molecule has 0 spiro atoms. The van der Waals surface area contributed by atoms with Crippen molar-refractivity contribution in [2.45, 2.75) is 164 Å². The second kappa shape index (κ2) is 40.6. The molecule has 0 aliphatic heterocycles. The van der Waals surface area contributed by atoms with Gasteiger partial charge in [0.05, 0.1) is 6.04 Å². The number of aromatic nitrogens is 4. The average molecular weight is 1460 g/mol. The van der Waals surface area contributed by atoms with E-state index in [2.05, 4.69) is 73.1 Å². The molecule has 32 heteroatoms. The van der Waals surface area contributed by atoms with Gasteiger partial charge in [0.25, 0.3) is 0 Å². The maximum Gasteiger partial charge on any atom is 0.326 e. The van der Waals surface area contributed by atoms with Crippen molar-refractivity contribution in [2.24, 2.45) is 34.4 Å². The van der Waals surface area contributed by atoms with Crippen LogP contribution in [-0.2, 0) is 68.8 Å². The molecule has 8 aromatic rings. The summed E-state index contributed by atoms with van der Waals surface area (Å²) in [6, 6.07) is 17.3. The number of hydrogen-bond donors (Lipinski definition) is 23. The van der Waals surface area contributed by atoms with Crippen molar-refractivity contribution >= 4 is 109 Å². The SMILES string of the molecule is N=C(N)NCCC[C@H](NC(=O)[C@H](CCCCN)NC(=O)[C@H](Cc1c[nH]c2ccccc12)NC(=O)[C@H](Cc1c[nH]c2ccccc12)NC(=O)[C@H](CCCCN)NC(=O)[C@H](Cc1c[nH]c2ccccc12)NC(=O)[C@H](CCCNC(=N)N)NC(=O)[C@H](CCCCN)NC(=O)[C@@H](N)Cc1c[nH]c2ccccc12)C(=O)O. The number of nitrogens with two attached hydrogens (primary N) is 6. The molecule has 32 nitrogen and oxygen atoms in total. The lowest BCUT2D eigenvalue weighted by Crippen LogP contribution is -2.61. The van der Waals surface area contributed by atoms with Gasteiger partial charge < -0.3 is 113 Å². The number of carboxylic acids is 1. The maximum atomic E-state index is 15.5. The summed E-state index contributed by atoms with van der Waals surface area (Å²) in [6.07, 6.45) is 9.34. The van der Waals surface area contributed by atoms with Crippen LogP contribution in [0.25, 0.3) is 43.6 Å². The molecule has 9 atom stereocenters. The summed E-state index contributed by atoms with van der Waals surface area (Å²) in [5.74, 6) is -8.26. The van der Waals surface area contributed by atoms with E-state index < -0.39 is 108 Å². The molecule has 8 rings (SSSR count). The highest BCUT2D eigenvalue weighted by Gasteiger charge is 2.37. The molecule has 0 saturated carbocycles. The Morgan fingerprint density at radius 2 is 0.585 bits per heavy atom. The summed E-state index contributed by atoms with van der Waals surface area (Å²) >= 11 is 0. The summed E-state index contributed by atoms with van der Waals surface area (Å²) in [5, 5.41) is 56.4. The summed E-state index contributed by atoms with van der Waals surface area (Å²) in [4.78, 5) is 145. The first-order valence-electron chi connectivity index (χ1n) is 36.0. The highest BCUT2D eigenvalue weighted by molar-refractivity contribution is 6.00. The number of hydrogen-bond acceptors (Lipinski definition) is 15. The fourth-order valence-electron chi connectivity index (χ4n) is 12.9. The number of unbranched alkanes of at least 4 members (excludes halogenated alkanes) is 3. The van der Waals surface area contributed by atoms with E-state index in [-0.39, 0.29) is 109 Å². The number of carboxylic acid groups (broad SMARTS) is 1. The van der Waals surface area contributed by atoms with Crippen LogP contribution in [0.2, 0.25) is 0 Å². The normalized spacial score (nSPS) is 13.9. The molecule has 106 heavy (non-hydrogen) atoms. The molecule has 8 amide bonds. The van der Waals surface area contributed by atoms with E-state index in [1.54, 1.807) is 24.8 Å². The molecule has 29 N–H and O–H groups in total. The van der Waals surface area contributed by atoms with Crippen LogP contribution in [0, 0.1) is 10.8 Å². The highest BCUT2D eigenvalue weighted by atomic mass is 16.4. The molecule has 0 aliphatic rings. The fraction of sp³-hybridized carbons (Fsp3) is 0.419. The minimum atomic E-state index is -1.49. The lowest BCUT2D eigenvalue weighted by Gasteiger charge is -2.28. The number of benzene rings is 4. The number of fused-ring (bicyclic) bond motifs is 4. The third kappa shape index (κ3) is 23.6. The Bertz CT molecular complexity index is 4300. The Labute approximate surface area is 613 Å². The van der Waals surface area contributed by atoms with Gasteiger partial charge in [-0.2, -0.15) is 0 Å². The van der Waals surface area contributed by atoms with E-state index in [1.165, 1.54) is 0 Å². The fourth-order valence-corrected chi connectivity index (χ4v) is 12.9. The number of carbonyl (C=O) groups excluding carboxylic acids is 8. The lowest BCUT2D eigenvalue weighted by atomic mass is 10.00. The molecule has 4 aromatic carbocycles. The molecule has 4 aromatic heterocycles. The molecule has 0 fully saturated rings. The molecule has 0 bridgehead atoms. The predicted molar refractivity (Wildman–Crippen MR) is 406 cm³/mol. The van der Waals surface area contributed by atoms with Crippen LogP contribution < -0.4 is 87.6 Å². The zero-order chi connectivity index (χ0) is 76.1. The van der Waals surface area contributed by atoms with Crippen molar-refractivity contribution in [1.29, 1.82) is 10.8 Å². The van der Waals surface area contributed by atoms with E-state index >= 15 is 24.0 Å². The summed E-state index contributed by atoms with van der Waals surface area (Å²) in [7, 11) is 0. The van der Waals surface area contributed by atoms with Crippen LogP contribution >= 0.6 is 0 Å². The average Bonchev–Trinajstić information content (AvgIpc) is 1.66. The van der Waals surface area contributed by atoms with Crippen molar-refractivity contribution in [1.82, 2.24) is 73.1 Å². The number of nitrogens with one attached hydrogen (secondary N) is 16. The quantitative estimate of drug-likeness (QED) is 0.0144. The van der Waals surface area contributed by atoms with Crippen LogP contribution in [0.3, 0.4) is 0 Å². The second-order valence-corrected chi connectivity index (χ2v) is 26.5. The highest BCUT2D eigenvalue weighted by Crippen LogP contribution is 2.25. The molecule has 0 radical (unpaired) electrons. The minimum absolute atomic E-state index is 0.0221. The van der Waals surface area contributed by atoms with Gasteiger partial charge in [0, 0.05) is 101 Å². The smallest absolute Gasteiger partial charge is 0.326 e. The van der Waals surface area contributed by atoms with Crippen molar-refractivity contribution in [2.75, 3.05) is 32.7 Å². The van der Waals surface area contributed by atoms with Crippen molar-refractivity contribution in [3.05, 3.63) is 144 Å². The third-order valence-electron chi connectivity index (χ3n) is 18.6. The van der Waals surface area contributed by atoms with E-state index in [9.17, 15) is 24.3 Å². The van der Waals surface area contributed by atoms with Gasteiger partial charge in [-0.1, -0.05) is 72.8 Å². The van der Waals surface area contributed by atoms with E-state index in [4.69, 9.17) is 45.2 Å². The molecule has 0 aliphatic carbocycles. The number of rotatable bonds is 45. The van der Waals surface area contributed by atoms with Gasteiger partial charge in [-0.05, 0) is 156 Å². The molecule has 0 saturated heterocycles. The van der Waals surface area contributed by atoms with Gasteiger partial charge in [0.15, 0.2) is 11.9 Å². The first kappa shape index (κ1) is 80.3. The van der Waals surface area contributed by atoms with Gasteiger partial charge in [0.1, 0.15) is 48.3 Å². The molecular formula is C74H102N22O10. The van der Waals surface area contributed by atoms with Crippen LogP contribution in [0.5, 0.6) is 0 Å². The molecule has 568 valence electrons. The van der Waals surface area contributed by atoms with Crippen molar-refractivity contribution in [3.8, 4) is 0 Å². The van der Waals surface area contributed by atoms with Crippen LogP contribution in [-0.4, -0.2) is 177 Å². The monoisotopic (exact) mass is 1460 g/mol. The number of guanidine groups is 2. The molecule has 4 heterocycles. The van der Waals surface area contributed by atoms with Crippen molar-refractivity contribution in [3.63, 3.8) is 0 Å². The number of para-hydroxylation sites is 4. The van der Waals surface area contributed by atoms with Gasteiger partial charge >= 0.3 is 5.97 Å². The van der Waals surface area contributed by atoms with Gasteiger partial charge in [-0.15, -0.1) is 0 Å². The number of aromatic amines is 4. The molecular weight excluding hydrogens is 1360 g/mol. The predicted octanol–water partition coefficient (Wildman–Crippen LogP) is 1.09. The van der Waals surface area contributed by atoms with Gasteiger partial charge in [0.2, 0.25) is 47.3 Å². The van der Waals surface area contributed by atoms with Crippen LogP contribution in [0.4, 0.5) is 0 Å². The standard InChI is InChI=1S/C74H102N22O10/c75-30-12-9-25-56(89-64(97)51(78)35-43-39-85-52-21-5-1-17-47(43)52)65(98)90-59(28-15-33-83-73(79)80)68(101)94-61(36-44-40-86-53-22-6-2-18-48(44)53)69(102)92-58(27-11-14-32-77)67(100)95-63(38-46-42-88-55-24-8-4-20-50(46)55)71(104)96-62(37-45-41-87-54-23-7-3-19-49(45)54)70(103)91-57(26-10-13-31-76)66(99)93-60(72(105)106)29-16-34-84-74(81)82/h1-8,17-24,39-42,51,56-63,85-88H,9-16,25-38,75-78H2,(H,89,97)(H,90,98)(H,91,103)(H,92,102)(H,93,99)(H,94,101)(H,95,100)(H,96,104)(H,105,106)(H4,79,80,83)(H4,81,82,84)/t51-,56-,57-,58-,59-,60-,61-,62-,63-/m0/s1. The Morgan fingerprint density at radius 3 is 0.877 bits per heavy atom. The lowest BCUT2D eigenvalue weighted by molar-refractivity contribution is -0.142. The Morgan fingerprint density at radius 1 is 0.340 bits per heavy atom. The zero-order valence-electron chi connectivity index (χ0n) is 59.4. The second-order valence-electron chi connectivity index (χ2n) is 26.5. The van der Waals surface area contributed by atoms with Gasteiger partial charge in [-0.25, -0.2) is 4.79 Å². The van der Waals surface area contributed by atoms with E-state index in [0.29, 0.717) is 72.7 Å². The summed E-state index contributed by atoms with van der Waals surface area (Å²) < 4.78 is 0. The Hall–Kier alpha value is -11.3. The third-order valence-corrected chi connectivity index (χ3v) is 18.6. The largest absolute Gasteiger partial charge is 0.480 e. The summed E-state index contributed by atoms with van der Waals surface area (Å²) in [6.45, 7) is 1.04. The zero-order valence-corrected chi connectivity index (χ0v) is 59.4. The van der Waals surface area contributed by atoms with E-state index in [1.807, 2.05) is 97.1 Å². The maximum absolute atomic E-state index is 15.5. The first-order valence-corrected chi connectivity index (χ1v) is 36.0. The number of amides is 8. The Kier molecular flexibility index (Phi) is 30.8. The number of aliphatic carboxylic acids is 1. The van der Waals surface area contributed by atoms with Crippen LogP contribution in [0.1, 0.15) is 106 Å². The topological polar surface area (TPSA) is 561 Å². The van der Waals surface area contributed by atoms with Crippen LogP contribution in [0.15, 0.2) is 122 Å². The Balaban J connectivity index is 1.09. The van der Waals surface area contributed by atoms with Crippen molar-refractivity contribution < 1.29 is 48.3 Å².